The van der Waals surface area contributed by atoms with Crippen molar-refractivity contribution < 1.29 is 14.6 Å². The number of phenolic OH excluding ortho intramolecular Hbond substituents is 1. The molecule has 0 spiro atoms. The highest BCUT2D eigenvalue weighted by atomic mass is 79.9. The average molecular weight is 560 g/mol. The summed E-state index contributed by atoms with van der Waals surface area (Å²) < 4.78 is 8.26. The molecule has 0 saturated heterocycles. The van der Waals surface area contributed by atoms with Crippen LogP contribution >= 0.6 is 39.0 Å². The SMILES string of the molecule is CSc1ccc([C@H]2C(C(=O)OC(C)C)=C(C)N=c3s/c(=C\c4cc(Br)ccc4O)c(=O)n32)cc1. The van der Waals surface area contributed by atoms with Gasteiger partial charge in [-0.05, 0) is 69.0 Å². The Morgan fingerprint density at radius 3 is 2.62 bits per heavy atom. The Morgan fingerprint density at radius 2 is 1.97 bits per heavy atom. The van der Waals surface area contributed by atoms with Crippen LogP contribution in [0.3, 0.4) is 0 Å². The molecule has 1 aliphatic heterocycles. The second-order valence-electron chi connectivity index (χ2n) is 8.01. The first-order chi connectivity index (χ1) is 16.2. The Kier molecular flexibility index (Phi) is 7.16. The van der Waals surface area contributed by atoms with Crippen LogP contribution in [0.15, 0.2) is 72.9 Å². The van der Waals surface area contributed by atoms with E-state index in [4.69, 9.17) is 4.74 Å². The topological polar surface area (TPSA) is 80.9 Å². The summed E-state index contributed by atoms with van der Waals surface area (Å²) >= 11 is 6.23. The number of benzene rings is 2. The number of ether oxygens (including phenoxy) is 1. The summed E-state index contributed by atoms with van der Waals surface area (Å²) in [7, 11) is 0. The third-order valence-electron chi connectivity index (χ3n) is 5.29. The van der Waals surface area contributed by atoms with Crippen molar-refractivity contribution >= 4 is 51.1 Å². The van der Waals surface area contributed by atoms with Crippen LogP contribution in [0, 0.1) is 0 Å². The number of aromatic hydroxyl groups is 1. The Labute approximate surface area is 213 Å². The fourth-order valence-electron chi connectivity index (χ4n) is 3.74. The normalized spacial score (nSPS) is 15.9. The number of halogens is 1. The summed E-state index contributed by atoms with van der Waals surface area (Å²) in [6, 6.07) is 12.1. The summed E-state index contributed by atoms with van der Waals surface area (Å²) in [4.78, 5) is 32.9. The van der Waals surface area contributed by atoms with E-state index in [2.05, 4.69) is 20.9 Å². The molecule has 3 aromatic rings. The molecule has 6 nitrogen and oxygen atoms in total. The van der Waals surface area contributed by atoms with E-state index >= 15 is 0 Å². The number of rotatable bonds is 5. The van der Waals surface area contributed by atoms with Crippen LogP contribution in [0.1, 0.15) is 37.9 Å². The zero-order chi connectivity index (χ0) is 24.6. The lowest BCUT2D eigenvalue weighted by atomic mass is 9.96. The number of nitrogens with zero attached hydrogens (tertiary/aromatic N) is 2. The van der Waals surface area contributed by atoms with Gasteiger partial charge in [-0.1, -0.05) is 39.4 Å². The van der Waals surface area contributed by atoms with Gasteiger partial charge in [0.15, 0.2) is 4.80 Å². The second kappa shape index (κ2) is 9.93. The van der Waals surface area contributed by atoms with Gasteiger partial charge in [0.05, 0.1) is 27.9 Å². The van der Waals surface area contributed by atoms with Gasteiger partial charge >= 0.3 is 5.97 Å². The third-order valence-corrected chi connectivity index (χ3v) is 7.51. The number of hydrogen-bond acceptors (Lipinski definition) is 7. The van der Waals surface area contributed by atoms with E-state index in [0.717, 1.165) is 14.9 Å². The predicted octanol–water partition coefficient (Wildman–Crippen LogP) is 4.38. The maximum Gasteiger partial charge on any atom is 0.338 e. The zero-order valence-corrected chi connectivity index (χ0v) is 22.3. The lowest BCUT2D eigenvalue weighted by Crippen LogP contribution is -2.40. The van der Waals surface area contributed by atoms with Crippen molar-refractivity contribution in [1.29, 1.82) is 0 Å². The molecule has 9 heteroatoms. The lowest BCUT2D eigenvalue weighted by Gasteiger charge is -2.25. The molecule has 2 aromatic carbocycles. The summed E-state index contributed by atoms with van der Waals surface area (Å²) in [5.41, 5.74) is 1.87. The molecule has 0 aliphatic carbocycles. The minimum atomic E-state index is -0.670. The first kappa shape index (κ1) is 24.5. The van der Waals surface area contributed by atoms with Crippen molar-refractivity contribution in [3.05, 3.63) is 89.0 Å². The number of phenols is 1. The Bertz CT molecular complexity index is 1470. The minimum Gasteiger partial charge on any atom is -0.507 e. The van der Waals surface area contributed by atoms with E-state index in [1.807, 2.05) is 30.5 Å². The minimum absolute atomic E-state index is 0.0654. The summed E-state index contributed by atoms with van der Waals surface area (Å²) in [5.74, 6) is -0.426. The maximum atomic E-state index is 13.6. The zero-order valence-electron chi connectivity index (χ0n) is 19.0. The van der Waals surface area contributed by atoms with Gasteiger partial charge in [-0.25, -0.2) is 9.79 Å². The highest BCUT2D eigenvalue weighted by molar-refractivity contribution is 9.10. The van der Waals surface area contributed by atoms with Crippen LogP contribution in [0.2, 0.25) is 0 Å². The second-order valence-corrected chi connectivity index (χ2v) is 10.8. The first-order valence-electron chi connectivity index (χ1n) is 10.6. The van der Waals surface area contributed by atoms with Gasteiger partial charge in [0.2, 0.25) is 0 Å². The molecule has 176 valence electrons. The van der Waals surface area contributed by atoms with Crippen LogP contribution in [-0.4, -0.2) is 28.0 Å². The number of carbonyl (C=O) groups is 1. The van der Waals surface area contributed by atoms with Crippen LogP contribution in [-0.2, 0) is 9.53 Å². The number of aromatic nitrogens is 1. The molecular weight excluding hydrogens is 536 g/mol. The van der Waals surface area contributed by atoms with E-state index in [0.29, 0.717) is 26.2 Å². The summed E-state index contributed by atoms with van der Waals surface area (Å²) in [5, 5.41) is 10.3. The fraction of sp³-hybridized carbons (Fsp3) is 0.240. The molecule has 1 aliphatic rings. The molecule has 34 heavy (non-hydrogen) atoms. The van der Waals surface area contributed by atoms with Gasteiger partial charge in [-0.2, -0.15) is 0 Å². The smallest absolute Gasteiger partial charge is 0.338 e. The van der Waals surface area contributed by atoms with Gasteiger partial charge < -0.3 is 9.84 Å². The van der Waals surface area contributed by atoms with Crippen LogP contribution in [0.5, 0.6) is 5.75 Å². The fourth-order valence-corrected chi connectivity index (χ4v) is 5.57. The largest absolute Gasteiger partial charge is 0.507 e. The molecule has 1 atom stereocenters. The quantitative estimate of drug-likeness (QED) is 0.371. The van der Waals surface area contributed by atoms with Gasteiger partial charge in [-0.15, -0.1) is 11.8 Å². The number of thioether (sulfide) groups is 1. The first-order valence-corrected chi connectivity index (χ1v) is 13.4. The Morgan fingerprint density at radius 1 is 1.26 bits per heavy atom. The molecule has 0 unspecified atom stereocenters. The predicted molar refractivity (Wildman–Crippen MR) is 139 cm³/mol. The van der Waals surface area contributed by atoms with Gasteiger partial charge in [0, 0.05) is 14.9 Å². The number of fused-ring (bicyclic) bond motifs is 1. The van der Waals surface area contributed by atoms with Crippen LogP contribution < -0.4 is 14.9 Å². The molecular formula is C25H23BrN2O4S2. The van der Waals surface area contributed by atoms with E-state index < -0.39 is 12.0 Å². The third kappa shape index (κ3) is 4.78. The van der Waals surface area contributed by atoms with Gasteiger partial charge in [-0.3, -0.25) is 9.36 Å². The van der Waals surface area contributed by atoms with E-state index in [-0.39, 0.29) is 17.4 Å². The van der Waals surface area contributed by atoms with E-state index in [9.17, 15) is 14.7 Å². The molecule has 4 rings (SSSR count). The average Bonchev–Trinajstić information content (AvgIpc) is 3.09. The van der Waals surface area contributed by atoms with E-state index in [1.54, 1.807) is 61.4 Å². The standard InChI is InChI=1S/C25H23BrN2O4S2/c1-13(2)32-24(31)21-14(3)27-25-28(22(21)15-5-8-18(33-4)9-6-15)23(30)20(34-25)12-16-11-17(26)7-10-19(16)29/h5-13,22,29H,1-4H3/b20-12-/t22-/m0/s1. The molecule has 0 amide bonds. The van der Waals surface area contributed by atoms with Crippen molar-refractivity contribution in [1.82, 2.24) is 4.57 Å². The summed E-state index contributed by atoms with van der Waals surface area (Å²) in [6.45, 7) is 5.34. The summed E-state index contributed by atoms with van der Waals surface area (Å²) in [6.07, 6.45) is 3.32. The molecule has 0 fully saturated rings. The monoisotopic (exact) mass is 558 g/mol. The highest BCUT2D eigenvalue weighted by Crippen LogP contribution is 2.32. The maximum absolute atomic E-state index is 13.6. The molecule has 0 radical (unpaired) electrons. The van der Waals surface area contributed by atoms with Crippen molar-refractivity contribution in [2.75, 3.05) is 6.26 Å². The Hall–Kier alpha value is -2.62. The van der Waals surface area contributed by atoms with Gasteiger partial charge in [0.1, 0.15) is 5.75 Å². The number of allylic oxidation sites excluding steroid dienone is 1. The number of carbonyl (C=O) groups excluding carboxylic acids is 1. The molecule has 1 N–H and O–H groups in total. The number of thiazole rings is 1. The molecule has 1 aromatic heterocycles. The van der Waals surface area contributed by atoms with Crippen LogP contribution in [0.4, 0.5) is 0 Å². The number of hydrogen-bond donors (Lipinski definition) is 1. The van der Waals surface area contributed by atoms with E-state index in [1.165, 1.54) is 11.3 Å². The van der Waals surface area contributed by atoms with Crippen LogP contribution in [0.25, 0.3) is 6.08 Å². The van der Waals surface area contributed by atoms with Crippen molar-refractivity contribution in [2.45, 2.75) is 37.8 Å². The Balaban J connectivity index is 1.95. The molecule has 0 bridgehead atoms. The highest BCUT2D eigenvalue weighted by Gasteiger charge is 2.33. The lowest BCUT2D eigenvalue weighted by molar-refractivity contribution is -0.143. The van der Waals surface area contributed by atoms with Crippen molar-refractivity contribution in [2.24, 2.45) is 4.99 Å². The van der Waals surface area contributed by atoms with Gasteiger partial charge in [0.25, 0.3) is 5.56 Å². The van der Waals surface area contributed by atoms with Crippen molar-refractivity contribution in [3.8, 4) is 5.75 Å². The molecule has 0 saturated carbocycles. The number of esters is 1. The van der Waals surface area contributed by atoms with Crippen molar-refractivity contribution in [3.63, 3.8) is 0 Å². The molecule has 2 heterocycles.